The molecule has 0 aromatic heterocycles. The second-order valence-electron chi connectivity index (χ2n) is 9.63. The molecular formula is C20H32N2S. The highest BCUT2D eigenvalue weighted by atomic mass is 32.1. The summed E-state index contributed by atoms with van der Waals surface area (Å²) in [5, 5.41) is 8.27. The number of hydrogen-bond acceptors (Lipinski definition) is 1. The molecule has 2 bridgehead atoms. The standard InChI is InChI=1S/C20H32N2S/c1-12-7-14(11-20(2,3)10-12)21-19(23)22-18-9-13-8-17(18)16-6-4-5-15(13)16/h4,6,12-18H,5,7-11H2,1-3H3,(H2,21,22,23)/t12-,13+,14-,15-,16+,17-,18-/m1/s1. The average Bonchev–Trinajstić information content (AvgIpc) is 3.06. The van der Waals surface area contributed by atoms with Crippen LogP contribution in [0.25, 0.3) is 0 Å². The van der Waals surface area contributed by atoms with Crippen LogP contribution in [0.15, 0.2) is 12.2 Å². The largest absolute Gasteiger partial charge is 0.360 e. The van der Waals surface area contributed by atoms with Gasteiger partial charge in [-0.15, -0.1) is 0 Å². The first-order chi connectivity index (χ1) is 10.9. The Morgan fingerprint density at radius 3 is 2.70 bits per heavy atom. The molecule has 128 valence electrons. The zero-order valence-electron chi connectivity index (χ0n) is 14.8. The maximum Gasteiger partial charge on any atom is 0.166 e. The summed E-state index contributed by atoms with van der Waals surface area (Å²) in [4.78, 5) is 0. The molecule has 0 unspecified atom stereocenters. The zero-order valence-corrected chi connectivity index (χ0v) is 15.7. The number of allylic oxidation sites excluding steroid dienone is 2. The molecule has 3 fully saturated rings. The summed E-state index contributed by atoms with van der Waals surface area (Å²) in [7, 11) is 0. The van der Waals surface area contributed by atoms with Crippen LogP contribution in [0.5, 0.6) is 0 Å². The highest BCUT2D eigenvalue weighted by molar-refractivity contribution is 7.80. The fourth-order valence-electron chi connectivity index (χ4n) is 6.56. The smallest absolute Gasteiger partial charge is 0.166 e. The second-order valence-corrected chi connectivity index (χ2v) is 10.0. The van der Waals surface area contributed by atoms with E-state index >= 15 is 0 Å². The van der Waals surface area contributed by atoms with Crippen molar-refractivity contribution in [1.29, 1.82) is 0 Å². The monoisotopic (exact) mass is 332 g/mol. The van der Waals surface area contributed by atoms with Crippen LogP contribution in [0.3, 0.4) is 0 Å². The van der Waals surface area contributed by atoms with Gasteiger partial charge < -0.3 is 10.6 Å². The number of thiocarbonyl (C=S) groups is 1. The molecule has 7 atom stereocenters. The fraction of sp³-hybridized carbons (Fsp3) is 0.850. The predicted octanol–water partition coefficient (Wildman–Crippen LogP) is 4.27. The quantitative estimate of drug-likeness (QED) is 0.583. The molecule has 0 radical (unpaired) electrons. The Hall–Kier alpha value is -0.570. The van der Waals surface area contributed by atoms with Gasteiger partial charge in [0, 0.05) is 12.1 Å². The van der Waals surface area contributed by atoms with E-state index in [-0.39, 0.29) is 0 Å². The predicted molar refractivity (Wildman–Crippen MR) is 100 cm³/mol. The van der Waals surface area contributed by atoms with Crippen LogP contribution in [0.2, 0.25) is 0 Å². The van der Waals surface area contributed by atoms with E-state index in [1.165, 1.54) is 38.5 Å². The van der Waals surface area contributed by atoms with Crippen molar-refractivity contribution in [2.75, 3.05) is 0 Å². The van der Waals surface area contributed by atoms with Gasteiger partial charge in [0.2, 0.25) is 0 Å². The summed E-state index contributed by atoms with van der Waals surface area (Å²) < 4.78 is 0. The third-order valence-corrected chi connectivity index (χ3v) is 7.28. The highest BCUT2D eigenvalue weighted by Gasteiger charge is 2.52. The Bertz CT molecular complexity index is 512. The lowest BCUT2D eigenvalue weighted by Crippen LogP contribution is -2.51. The number of nitrogens with one attached hydrogen (secondary N) is 2. The molecule has 0 amide bonds. The normalized spacial score (nSPS) is 46.7. The van der Waals surface area contributed by atoms with Crippen molar-refractivity contribution in [3.63, 3.8) is 0 Å². The minimum atomic E-state index is 0.444. The lowest BCUT2D eigenvalue weighted by atomic mass is 9.71. The van der Waals surface area contributed by atoms with Gasteiger partial charge in [-0.3, -0.25) is 0 Å². The minimum Gasteiger partial charge on any atom is -0.360 e. The van der Waals surface area contributed by atoms with Crippen LogP contribution in [0.4, 0.5) is 0 Å². The van der Waals surface area contributed by atoms with Crippen LogP contribution in [0, 0.1) is 35.0 Å². The van der Waals surface area contributed by atoms with Gasteiger partial charge in [-0.1, -0.05) is 32.9 Å². The van der Waals surface area contributed by atoms with Crippen molar-refractivity contribution in [1.82, 2.24) is 10.6 Å². The first kappa shape index (κ1) is 15.9. The van der Waals surface area contributed by atoms with E-state index in [2.05, 4.69) is 43.6 Å². The topological polar surface area (TPSA) is 24.1 Å². The SMILES string of the molecule is C[C@@H]1C[C@@H](NC(=S)N[C@@H]2C[C@@H]3C[C@@H]2[C@H]2C=CC[C@H]32)CC(C)(C)C1. The molecule has 0 aromatic rings. The summed E-state index contributed by atoms with van der Waals surface area (Å²) in [5.41, 5.74) is 0.444. The Kier molecular flexibility index (Phi) is 3.98. The molecule has 4 aliphatic rings. The van der Waals surface area contributed by atoms with Gasteiger partial charge in [-0.25, -0.2) is 0 Å². The van der Waals surface area contributed by atoms with E-state index in [0.717, 1.165) is 34.7 Å². The van der Waals surface area contributed by atoms with Crippen molar-refractivity contribution in [2.24, 2.45) is 35.0 Å². The fourth-order valence-corrected chi connectivity index (χ4v) is 6.88. The van der Waals surface area contributed by atoms with Gasteiger partial charge in [-0.2, -0.15) is 0 Å². The number of hydrogen-bond donors (Lipinski definition) is 2. The van der Waals surface area contributed by atoms with Crippen LogP contribution < -0.4 is 10.6 Å². The molecular weight excluding hydrogens is 300 g/mol. The van der Waals surface area contributed by atoms with Crippen molar-refractivity contribution in [2.45, 2.75) is 71.4 Å². The zero-order chi connectivity index (χ0) is 16.2. The van der Waals surface area contributed by atoms with Crippen molar-refractivity contribution in [3.8, 4) is 0 Å². The maximum atomic E-state index is 5.68. The number of rotatable bonds is 2. The molecule has 4 aliphatic carbocycles. The molecule has 3 saturated carbocycles. The molecule has 3 heteroatoms. The molecule has 0 heterocycles. The van der Waals surface area contributed by atoms with Crippen LogP contribution >= 0.6 is 12.2 Å². The lowest BCUT2D eigenvalue weighted by Gasteiger charge is -2.40. The van der Waals surface area contributed by atoms with Gasteiger partial charge in [0.1, 0.15) is 0 Å². The third-order valence-electron chi connectivity index (χ3n) is 7.05. The molecule has 0 spiro atoms. The Morgan fingerprint density at radius 2 is 1.91 bits per heavy atom. The van der Waals surface area contributed by atoms with E-state index in [1.54, 1.807) is 0 Å². The highest BCUT2D eigenvalue weighted by Crippen LogP contribution is 2.56. The van der Waals surface area contributed by atoms with E-state index in [1.807, 2.05) is 0 Å². The lowest BCUT2D eigenvalue weighted by molar-refractivity contribution is 0.161. The molecule has 2 nitrogen and oxygen atoms in total. The first-order valence-electron chi connectivity index (χ1n) is 9.65. The first-order valence-corrected chi connectivity index (χ1v) is 10.1. The molecule has 0 saturated heterocycles. The number of fused-ring (bicyclic) bond motifs is 5. The van der Waals surface area contributed by atoms with E-state index in [0.29, 0.717) is 17.5 Å². The van der Waals surface area contributed by atoms with Gasteiger partial charge in [0.15, 0.2) is 5.11 Å². The average molecular weight is 333 g/mol. The third kappa shape index (κ3) is 3.06. The molecule has 4 rings (SSSR count). The van der Waals surface area contributed by atoms with Crippen LogP contribution in [-0.4, -0.2) is 17.2 Å². The molecule has 0 aliphatic heterocycles. The van der Waals surface area contributed by atoms with Crippen molar-refractivity contribution >= 4 is 17.3 Å². The molecule has 0 aromatic carbocycles. The van der Waals surface area contributed by atoms with Crippen LogP contribution in [0.1, 0.15) is 59.3 Å². The minimum absolute atomic E-state index is 0.444. The summed E-state index contributed by atoms with van der Waals surface area (Å²) in [6.07, 6.45) is 12.8. The van der Waals surface area contributed by atoms with Gasteiger partial charge >= 0.3 is 0 Å². The van der Waals surface area contributed by atoms with E-state index < -0.39 is 0 Å². The molecule has 23 heavy (non-hydrogen) atoms. The van der Waals surface area contributed by atoms with Gasteiger partial charge in [0.05, 0.1) is 0 Å². The summed E-state index contributed by atoms with van der Waals surface area (Å²) in [6.45, 7) is 7.18. The van der Waals surface area contributed by atoms with Crippen molar-refractivity contribution in [3.05, 3.63) is 12.2 Å². The summed E-state index contributed by atoms with van der Waals surface area (Å²) >= 11 is 5.68. The van der Waals surface area contributed by atoms with Crippen LogP contribution in [-0.2, 0) is 0 Å². The summed E-state index contributed by atoms with van der Waals surface area (Å²) in [6, 6.07) is 1.16. The Labute approximate surface area is 146 Å². The second kappa shape index (κ2) is 5.75. The Morgan fingerprint density at radius 1 is 1.09 bits per heavy atom. The Balaban J connectivity index is 1.32. The van der Waals surface area contributed by atoms with Gasteiger partial charge in [-0.05, 0) is 85.7 Å². The maximum absolute atomic E-state index is 5.68. The van der Waals surface area contributed by atoms with Crippen molar-refractivity contribution < 1.29 is 0 Å². The van der Waals surface area contributed by atoms with Gasteiger partial charge in [0.25, 0.3) is 0 Å². The molecule has 2 N–H and O–H groups in total. The van der Waals surface area contributed by atoms with E-state index in [9.17, 15) is 0 Å². The summed E-state index contributed by atoms with van der Waals surface area (Å²) in [5.74, 6) is 4.35. The van der Waals surface area contributed by atoms with E-state index in [4.69, 9.17) is 12.2 Å².